The van der Waals surface area contributed by atoms with Crippen LogP contribution >= 0.6 is 11.6 Å². The van der Waals surface area contributed by atoms with Crippen LogP contribution < -0.4 is 10.1 Å². The van der Waals surface area contributed by atoms with Crippen LogP contribution in [0.25, 0.3) is 0 Å². The molecule has 2 rings (SSSR count). The Morgan fingerprint density at radius 2 is 1.92 bits per heavy atom. The number of halogens is 1. The van der Waals surface area contributed by atoms with E-state index in [-0.39, 0.29) is 0 Å². The number of hydrogen-bond acceptors (Lipinski definition) is 3. The Bertz CT molecular complexity index is 616. The van der Waals surface area contributed by atoms with Crippen molar-refractivity contribution >= 4 is 11.6 Å². The summed E-state index contributed by atoms with van der Waals surface area (Å²) in [6, 6.07) is 15.9. The third-order valence-electron chi connectivity index (χ3n) is 3.53. The first kappa shape index (κ1) is 18.8. The van der Waals surface area contributed by atoms with Crippen LogP contribution in [-0.4, -0.2) is 19.3 Å². The van der Waals surface area contributed by atoms with Crippen LogP contribution in [0.2, 0.25) is 5.02 Å². The van der Waals surface area contributed by atoms with E-state index in [1.807, 2.05) is 36.4 Å². The number of hydrogen-bond donors (Lipinski definition) is 1. The summed E-state index contributed by atoms with van der Waals surface area (Å²) in [4.78, 5) is 0. The Kier molecular flexibility index (Phi) is 8.10. The minimum atomic E-state index is 0.303. The van der Waals surface area contributed by atoms with Gasteiger partial charge >= 0.3 is 0 Å². The fourth-order valence-electron chi connectivity index (χ4n) is 2.27. The van der Waals surface area contributed by atoms with Gasteiger partial charge in [-0.2, -0.15) is 0 Å². The van der Waals surface area contributed by atoms with Crippen molar-refractivity contribution in [2.24, 2.45) is 0 Å². The molecule has 2 aromatic carbocycles. The normalized spacial score (nSPS) is 11.0. The van der Waals surface area contributed by atoms with Crippen molar-refractivity contribution in [3.05, 3.63) is 64.7 Å². The molecule has 130 valence electrons. The van der Waals surface area contributed by atoms with Crippen molar-refractivity contribution in [1.29, 1.82) is 0 Å². The highest BCUT2D eigenvalue weighted by Crippen LogP contribution is 2.19. The smallest absolute Gasteiger partial charge is 0.120 e. The molecule has 0 saturated heterocycles. The lowest BCUT2D eigenvalue weighted by molar-refractivity contribution is 0.0770. The second-order valence-corrected chi connectivity index (χ2v) is 6.38. The Morgan fingerprint density at radius 3 is 2.71 bits per heavy atom. The number of benzene rings is 2. The summed E-state index contributed by atoms with van der Waals surface area (Å²) in [5.41, 5.74) is 2.20. The van der Waals surface area contributed by atoms with Gasteiger partial charge in [0.15, 0.2) is 0 Å². The maximum atomic E-state index is 6.15. The number of rotatable bonds is 10. The third kappa shape index (κ3) is 6.91. The molecule has 4 heteroatoms. The van der Waals surface area contributed by atoms with Crippen LogP contribution in [0.1, 0.15) is 31.4 Å². The molecule has 0 aromatic heterocycles. The molecule has 0 saturated carbocycles. The zero-order valence-corrected chi connectivity index (χ0v) is 15.2. The summed E-state index contributed by atoms with van der Waals surface area (Å²) in [5, 5.41) is 4.16. The quantitative estimate of drug-likeness (QED) is 0.625. The summed E-state index contributed by atoms with van der Waals surface area (Å²) in [6.45, 7) is 7.15. The minimum Gasteiger partial charge on any atom is -0.489 e. The van der Waals surface area contributed by atoms with Crippen molar-refractivity contribution in [1.82, 2.24) is 5.32 Å². The highest BCUT2D eigenvalue weighted by molar-refractivity contribution is 6.31. The zero-order valence-electron chi connectivity index (χ0n) is 14.4. The van der Waals surface area contributed by atoms with E-state index in [2.05, 4.69) is 31.3 Å². The van der Waals surface area contributed by atoms with E-state index in [1.54, 1.807) is 0 Å². The van der Waals surface area contributed by atoms with Crippen molar-refractivity contribution < 1.29 is 9.47 Å². The number of ether oxygens (including phenoxy) is 2. The van der Waals surface area contributed by atoms with Crippen LogP contribution in [0.4, 0.5) is 0 Å². The highest BCUT2D eigenvalue weighted by Gasteiger charge is 2.02. The van der Waals surface area contributed by atoms with Crippen LogP contribution in [0, 0.1) is 0 Å². The van der Waals surface area contributed by atoms with Gasteiger partial charge in [-0.3, -0.25) is 0 Å². The van der Waals surface area contributed by atoms with Crippen molar-refractivity contribution in [3.63, 3.8) is 0 Å². The molecule has 0 bridgehead atoms. The average molecular weight is 348 g/mol. The highest BCUT2D eigenvalue weighted by atomic mass is 35.5. The molecule has 1 N–H and O–H groups in total. The topological polar surface area (TPSA) is 30.5 Å². The molecule has 0 spiro atoms. The molecule has 0 amide bonds. The third-order valence-corrected chi connectivity index (χ3v) is 3.90. The largest absolute Gasteiger partial charge is 0.489 e. The number of nitrogens with one attached hydrogen (secondary N) is 1. The molecule has 24 heavy (non-hydrogen) atoms. The molecule has 0 fully saturated rings. The molecule has 0 radical (unpaired) electrons. The van der Waals surface area contributed by atoms with Gasteiger partial charge in [0.05, 0.1) is 6.10 Å². The van der Waals surface area contributed by atoms with Crippen LogP contribution in [0.3, 0.4) is 0 Å². The fourth-order valence-corrected chi connectivity index (χ4v) is 2.46. The van der Waals surface area contributed by atoms with Crippen molar-refractivity contribution in [2.45, 2.75) is 39.5 Å². The Hall–Kier alpha value is -1.55. The monoisotopic (exact) mass is 347 g/mol. The van der Waals surface area contributed by atoms with E-state index < -0.39 is 0 Å². The van der Waals surface area contributed by atoms with Gasteiger partial charge in [0.1, 0.15) is 12.4 Å². The Labute approximate surface area is 149 Å². The van der Waals surface area contributed by atoms with Gasteiger partial charge in [0.2, 0.25) is 0 Å². The summed E-state index contributed by atoms with van der Waals surface area (Å²) >= 11 is 6.15. The lowest BCUT2D eigenvalue weighted by Gasteiger charge is -2.10. The molecule has 0 heterocycles. The maximum absolute atomic E-state index is 6.15. The predicted octanol–water partition coefficient (Wildman–Crippen LogP) is 4.82. The van der Waals surface area contributed by atoms with Crippen LogP contribution in [0.15, 0.2) is 48.5 Å². The van der Waals surface area contributed by atoms with Gasteiger partial charge in [0, 0.05) is 23.7 Å². The summed E-state index contributed by atoms with van der Waals surface area (Å²) in [5.74, 6) is 0.859. The minimum absolute atomic E-state index is 0.303. The van der Waals surface area contributed by atoms with E-state index in [4.69, 9.17) is 21.1 Å². The summed E-state index contributed by atoms with van der Waals surface area (Å²) < 4.78 is 11.4. The fraction of sp³-hybridized carbons (Fsp3) is 0.400. The van der Waals surface area contributed by atoms with E-state index in [0.717, 1.165) is 42.5 Å². The van der Waals surface area contributed by atoms with Crippen molar-refractivity contribution in [2.75, 3.05) is 13.2 Å². The molecule has 0 unspecified atom stereocenters. The van der Waals surface area contributed by atoms with Gasteiger partial charge < -0.3 is 14.8 Å². The molecular weight excluding hydrogens is 322 g/mol. The molecule has 0 aliphatic carbocycles. The first-order chi connectivity index (χ1) is 11.6. The predicted molar refractivity (Wildman–Crippen MR) is 99.6 cm³/mol. The zero-order chi connectivity index (χ0) is 17.2. The first-order valence-corrected chi connectivity index (χ1v) is 8.80. The lowest BCUT2D eigenvalue weighted by atomic mass is 10.2. The standard InChI is InChI=1S/C20H26ClNO2/c1-16(2)23-12-6-11-22-14-17-7-5-9-19(13-17)24-15-18-8-3-4-10-20(18)21/h3-5,7-10,13,16,22H,6,11-12,14-15H2,1-2H3. The molecule has 0 atom stereocenters. The Balaban J connectivity index is 1.74. The SMILES string of the molecule is CC(C)OCCCNCc1cccc(OCc2ccccc2Cl)c1. The van der Waals surface area contributed by atoms with Gasteiger partial charge in [-0.15, -0.1) is 0 Å². The molecule has 0 aliphatic heterocycles. The van der Waals surface area contributed by atoms with Gasteiger partial charge in [-0.05, 0) is 50.6 Å². The van der Waals surface area contributed by atoms with E-state index in [1.165, 1.54) is 5.56 Å². The van der Waals surface area contributed by atoms with Gasteiger partial charge in [-0.25, -0.2) is 0 Å². The summed E-state index contributed by atoms with van der Waals surface area (Å²) in [7, 11) is 0. The molecule has 0 aliphatic rings. The van der Waals surface area contributed by atoms with Gasteiger partial charge in [0.25, 0.3) is 0 Å². The lowest BCUT2D eigenvalue weighted by Crippen LogP contribution is -2.17. The summed E-state index contributed by atoms with van der Waals surface area (Å²) in [6.07, 6.45) is 1.32. The van der Waals surface area contributed by atoms with E-state index in [9.17, 15) is 0 Å². The first-order valence-electron chi connectivity index (χ1n) is 8.42. The van der Waals surface area contributed by atoms with E-state index in [0.29, 0.717) is 12.7 Å². The van der Waals surface area contributed by atoms with Crippen LogP contribution in [0.5, 0.6) is 5.75 Å². The van der Waals surface area contributed by atoms with Gasteiger partial charge in [-0.1, -0.05) is 41.9 Å². The molecular formula is C20H26ClNO2. The van der Waals surface area contributed by atoms with Crippen LogP contribution in [-0.2, 0) is 17.9 Å². The molecule has 3 nitrogen and oxygen atoms in total. The second-order valence-electron chi connectivity index (χ2n) is 5.98. The molecule has 2 aromatic rings. The maximum Gasteiger partial charge on any atom is 0.120 e. The Morgan fingerprint density at radius 1 is 1.08 bits per heavy atom. The second kappa shape index (κ2) is 10.3. The van der Waals surface area contributed by atoms with Crippen molar-refractivity contribution in [3.8, 4) is 5.75 Å². The average Bonchev–Trinajstić information content (AvgIpc) is 2.57. The van der Waals surface area contributed by atoms with E-state index >= 15 is 0 Å².